The molecule has 0 aromatic heterocycles. The van der Waals surface area contributed by atoms with Gasteiger partial charge in [0.1, 0.15) is 19.2 Å². The van der Waals surface area contributed by atoms with Crippen molar-refractivity contribution in [1.29, 1.82) is 0 Å². The van der Waals surface area contributed by atoms with Crippen LogP contribution in [-0.2, 0) is 0 Å². The second-order valence-electron chi connectivity index (χ2n) is 13.8. The maximum absolute atomic E-state index is 5.28. The van der Waals surface area contributed by atoms with Crippen molar-refractivity contribution in [3.8, 4) is 0 Å². The summed E-state index contributed by atoms with van der Waals surface area (Å²) in [5, 5.41) is 14.5. The Bertz CT molecular complexity index is 2150. The van der Waals surface area contributed by atoms with E-state index in [0.29, 0.717) is 13.3 Å². The number of amidine groups is 2. The smallest absolute Gasteiger partial charge is 0.242 e. The Kier molecular flexibility index (Phi) is 8.79. The molecular formula is C44H43BN6. The molecule has 1 aliphatic carbocycles. The minimum atomic E-state index is 0.0195. The van der Waals surface area contributed by atoms with Crippen LogP contribution in [0.4, 0.5) is 17.1 Å². The number of aryl methyl sites for hydroxylation is 3. The topological polar surface area (TPSA) is 37.7 Å². The van der Waals surface area contributed by atoms with Gasteiger partial charge in [0.25, 0.3) is 0 Å². The van der Waals surface area contributed by atoms with E-state index in [0.717, 1.165) is 40.7 Å². The minimum absolute atomic E-state index is 0.0195. The molecule has 0 radical (unpaired) electrons. The van der Waals surface area contributed by atoms with Crippen LogP contribution in [0.3, 0.4) is 0 Å². The molecular weight excluding hydrogens is 623 g/mol. The third-order valence-corrected chi connectivity index (χ3v) is 10.2. The third-order valence-electron chi connectivity index (χ3n) is 10.2. The fourth-order valence-corrected chi connectivity index (χ4v) is 7.84. The van der Waals surface area contributed by atoms with Gasteiger partial charge >= 0.3 is 0 Å². The summed E-state index contributed by atoms with van der Waals surface area (Å²) < 4.78 is 0. The maximum Gasteiger partial charge on any atom is 0.242 e. The van der Waals surface area contributed by atoms with Crippen LogP contribution in [0.1, 0.15) is 35.6 Å². The number of para-hydroxylation sites is 1. The zero-order valence-corrected chi connectivity index (χ0v) is 29.8. The van der Waals surface area contributed by atoms with Crippen molar-refractivity contribution in [1.82, 2.24) is 4.90 Å². The predicted molar refractivity (Wildman–Crippen MR) is 216 cm³/mol. The Labute approximate surface area is 302 Å². The summed E-state index contributed by atoms with van der Waals surface area (Å²) in [5.41, 5.74) is 12.1. The van der Waals surface area contributed by atoms with Crippen LogP contribution < -0.4 is 31.3 Å². The highest BCUT2D eigenvalue weighted by molar-refractivity contribution is 6.96. The van der Waals surface area contributed by atoms with Crippen molar-refractivity contribution in [2.75, 3.05) is 28.3 Å². The van der Waals surface area contributed by atoms with E-state index < -0.39 is 0 Å². The molecule has 3 aliphatic rings. The minimum Gasteiger partial charge on any atom is -0.328 e. The Hall–Kier alpha value is -5.82. The molecule has 252 valence electrons. The van der Waals surface area contributed by atoms with E-state index in [2.05, 4.69) is 193 Å². The summed E-state index contributed by atoms with van der Waals surface area (Å²) >= 11 is 0. The quantitative estimate of drug-likeness (QED) is 0.166. The van der Waals surface area contributed by atoms with Crippen LogP contribution in [-0.4, -0.2) is 42.7 Å². The Balaban J connectivity index is 1.18. The lowest BCUT2D eigenvalue weighted by Gasteiger charge is -2.29. The van der Waals surface area contributed by atoms with Crippen LogP contribution in [0.25, 0.3) is 0 Å². The monoisotopic (exact) mass is 666 g/mol. The fraction of sp³-hybridized carbons (Fsp3) is 0.182. The molecule has 0 bridgehead atoms. The standard InChI is InChI=1S/C44H43BN6/c1-32-26-33(2)43(34(3)27-32)45(37-18-14-24-41(28-37)50-30-48(35(4)46-50)39-20-10-6-11-21-39)38-19-15-25-42(29-38)51-31-49(40-22-12-7-13-23-40)44(47-51)36-16-8-5-9-17-36/h5-22,24-29,40H,23,30-31H2,1-4H3/t40-/m1/s1. The Morgan fingerprint density at radius 2 is 1.22 bits per heavy atom. The first-order chi connectivity index (χ1) is 24.9. The second-order valence-corrected chi connectivity index (χ2v) is 13.8. The predicted octanol–water partition coefficient (Wildman–Crippen LogP) is 7.07. The van der Waals surface area contributed by atoms with Gasteiger partial charge in [-0.15, -0.1) is 0 Å². The fourth-order valence-electron chi connectivity index (χ4n) is 7.84. The number of anilines is 3. The van der Waals surface area contributed by atoms with E-state index in [1.807, 2.05) is 0 Å². The first-order valence-corrected chi connectivity index (χ1v) is 17.9. The largest absolute Gasteiger partial charge is 0.328 e. The number of benzene rings is 5. The molecule has 1 atom stereocenters. The SMILES string of the molecule is CC1=NN(c2cccc(B(c3cccc(N4CN([C@@H]5C=CC=CC5)C(c5ccccc5)=N4)c3)c3c(C)cc(C)cc3C)c2)CN1c1ccccc1. The van der Waals surface area contributed by atoms with Crippen LogP contribution in [0.5, 0.6) is 0 Å². The molecule has 0 saturated heterocycles. The first kappa shape index (κ1) is 32.4. The van der Waals surface area contributed by atoms with Crippen LogP contribution >= 0.6 is 0 Å². The average molecular weight is 667 g/mol. The van der Waals surface area contributed by atoms with Crippen molar-refractivity contribution in [3.05, 3.63) is 168 Å². The van der Waals surface area contributed by atoms with E-state index in [-0.39, 0.29) is 12.8 Å². The number of hydrogen-bond acceptors (Lipinski definition) is 6. The molecule has 2 aliphatic heterocycles. The molecule has 0 spiro atoms. The van der Waals surface area contributed by atoms with Crippen LogP contribution in [0, 0.1) is 20.8 Å². The molecule has 0 saturated carbocycles. The van der Waals surface area contributed by atoms with Crippen LogP contribution in [0.2, 0.25) is 0 Å². The van der Waals surface area contributed by atoms with Gasteiger partial charge in [0.05, 0.1) is 17.4 Å². The van der Waals surface area contributed by atoms with Gasteiger partial charge in [0, 0.05) is 11.3 Å². The number of allylic oxidation sites excluding steroid dienone is 2. The summed E-state index contributed by atoms with van der Waals surface area (Å²) in [6.45, 7) is 10.1. The van der Waals surface area contributed by atoms with E-state index in [9.17, 15) is 0 Å². The number of hydrogen-bond donors (Lipinski definition) is 0. The highest BCUT2D eigenvalue weighted by Crippen LogP contribution is 2.27. The molecule has 0 N–H and O–H groups in total. The van der Waals surface area contributed by atoms with Gasteiger partial charge in [-0.2, -0.15) is 10.2 Å². The van der Waals surface area contributed by atoms with E-state index in [1.165, 1.54) is 33.1 Å². The second kappa shape index (κ2) is 13.8. The average Bonchev–Trinajstić information content (AvgIpc) is 3.79. The molecule has 8 rings (SSSR count). The number of rotatable bonds is 8. The molecule has 5 aromatic carbocycles. The van der Waals surface area contributed by atoms with E-state index in [4.69, 9.17) is 10.2 Å². The van der Waals surface area contributed by atoms with Crippen molar-refractivity contribution in [3.63, 3.8) is 0 Å². The van der Waals surface area contributed by atoms with Crippen molar-refractivity contribution in [2.45, 2.75) is 40.2 Å². The van der Waals surface area contributed by atoms with E-state index in [1.54, 1.807) is 0 Å². The van der Waals surface area contributed by atoms with Gasteiger partial charge in [-0.25, -0.2) is 10.0 Å². The molecule has 6 nitrogen and oxygen atoms in total. The van der Waals surface area contributed by atoms with Crippen molar-refractivity contribution in [2.24, 2.45) is 10.2 Å². The molecule has 0 fully saturated rings. The zero-order chi connectivity index (χ0) is 34.9. The van der Waals surface area contributed by atoms with Gasteiger partial charge in [0.2, 0.25) is 6.71 Å². The summed E-state index contributed by atoms with van der Waals surface area (Å²) in [7, 11) is 0. The lowest BCUT2D eigenvalue weighted by Crippen LogP contribution is -2.54. The summed E-state index contributed by atoms with van der Waals surface area (Å²) in [6, 6.07) is 43.9. The molecule has 51 heavy (non-hydrogen) atoms. The van der Waals surface area contributed by atoms with Gasteiger partial charge in [-0.1, -0.05) is 142 Å². The van der Waals surface area contributed by atoms with Crippen LogP contribution in [0.15, 0.2) is 156 Å². The summed E-state index contributed by atoms with van der Waals surface area (Å²) in [4.78, 5) is 4.68. The third kappa shape index (κ3) is 6.48. The van der Waals surface area contributed by atoms with E-state index >= 15 is 0 Å². The highest BCUT2D eigenvalue weighted by Gasteiger charge is 2.32. The number of hydrazone groups is 2. The first-order valence-electron chi connectivity index (χ1n) is 17.9. The molecule has 0 amide bonds. The zero-order valence-electron chi connectivity index (χ0n) is 29.8. The highest BCUT2D eigenvalue weighted by atomic mass is 15.6. The molecule has 2 heterocycles. The maximum atomic E-state index is 5.28. The number of nitrogens with zero attached hydrogens (tertiary/aromatic N) is 6. The lowest BCUT2D eigenvalue weighted by atomic mass is 9.35. The van der Waals surface area contributed by atoms with Crippen molar-refractivity contribution >= 4 is 51.8 Å². The van der Waals surface area contributed by atoms with Crippen molar-refractivity contribution < 1.29 is 0 Å². The summed E-state index contributed by atoms with van der Waals surface area (Å²) in [5.74, 6) is 1.99. The van der Waals surface area contributed by atoms with Gasteiger partial charge in [-0.3, -0.25) is 0 Å². The van der Waals surface area contributed by atoms with Gasteiger partial charge in [-0.05, 0) is 70.5 Å². The molecule has 0 unspecified atom stereocenters. The lowest BCUT2D eigenvalue weighted by molar-refractivity contribution is 0.382. The molecule has 7 heteroatoms. The molecule has 5 aromatic rings. The van der Waals surface area contributed by atoms with Gasteiger partial charge in [0.15, 0.2) is 5.84 Å². The van der Waals surface area contributed by atoms with Gasteiger partial charge < -0.3 is 9.80 Å². The Morgan fingerprint density at radius 1 is 0.608 bits per heavy atom. The Morgan fingerprint density at radius 3 is 1.84 bits per heavy atom. The normalized spacial score (nSPS) is 16.9. The summed E-state index contributed by atoms with van der Waals surface area (Å²) in [6.07, 6.45) is 9.78.